The number of nitrogens with zero attached hydrogens (tertiary/aromatic N) is 3. The summed E-state index contributed by atoms with van der Waals surface area (Å²) in [6.07, 6.45) is 2.85. The predicted octanol–water partition coefficient (Wildman–Crippen LogP) is 1.72. The second kappa shape index (κ2) is 7.14. The van der Waals surface area contributed by atoms with Gasteiger partial charge in [-0.25, -0.2) is 8.42 Å². The molecule has 0 bridgehead atoms. The molecule has 2 aromatic rings. The lowest BCUT2D eigenvalue weighted by atomic mass is 10.1. The van der Waals surface area contributed by atoms with Gasteiger partial charge in [-0.1, -0.05) is 0 Å². The van der Waals surface area contributed by atoms with Crippen LogP contribution in [0.1, 0.15) is 12.8 Å². The zero-order valence-electron chi connectivity index (χ0n) is 13.3. The van der Waals surface area contributed by atoms with Gasteiger partial charge < -0.3 is 9.47 Å². The number of hydrogen-bond donors (Lipinski definition) is 0. The van der Waals surface area contributed by atoms with Crippen molar-refractivity contribution < 1.29 is 17.9 Å². The molecular formula is C16H19N3O4S. The Bertz CT molecular complexity index is 766. The van der Waals surface area contributed by atoms with Crippen molar-refractivity contribution in [3.63, 3.8) is 0 Å². The minimum atomic E-state index is -3.55. The normalized spacial score (nSPS) is 19.0. The Morgan fingerprint density at radius 1 is 1.21 bits per heavy atom. The number of benzene rings is 1. The molecule has 128 valence electrons. The number of aromatic nitrogens is 2. The van der Waals surface area contributed by atoms with Gasteiger partial charge in [0.2, 0.25) is 15.9 Å². The van der Waals surface area contributed by atoms with Gasteiger partial charge in [-0.05, 0) is 43.2 Å². The number of hydrogen-bond acceptors (Lipinski definition) is 6. The Morgan fingerprint density at radius 2 is 2.00 bits per heavy atom. The Balaban J connectivity index is 1.73. The Kier molecular flexibility index (Phi) is 4.96. The van der Waals surface area contributed by atoms with Gasteiger partial charge in [-0.2, -0.15) is 9.40 Å². The minimum absolute atomic E-state index is 0.233. The third kappa shape index (κ3) is 3.65. The van der Waals surface area contributed by atoms with Gasteiger partial charge in [0.1, 0.15) is 11.9 Å². The van der Waals surface area contributed by atoms with Crippen LogP contribution in [-0.4, -0.2) is 49.2 Å². The largest absolute Gasteiger partial charge is 0.497 e. The molecule has 0 amide bonds. The second-order valence-corrected chi connectivity index (χ2v) is 7.42. The van der Waals surface area contributed by atoms with Crippen LogP contribution < -0.4 is 9.47 Å². The molecule has 0 saturated carbocycles. The lowest BCUT2D eigenvalue weighted by molar-refractivity contribution is 0.123. The molecule has 24 heavy (non-hydrogen) atoms. The fraction of sp³-hybridized carbons (Fsp3) is 0.375. The SMILES string of the molecule is COc1ccc(S(=O)(=O)N2CCCC(Oc3cccnn3)C2)cc1. The predicted molar refractivity (Wildman–Crippen MR) is 87.4 cm³/mol. The molecule has 1 aliphatic rings. The topological polar surface area (TPSA) is 81.6 Å². The Morgan fingerprint density at radius 3 is 2.67 bits per heavy atom. The van der Waals surface area contributed by atoms with Crippen LogP contribution in [-0.2, 0) is 10.0 Å². The van der Waals surface area contributed by atoms with Gasteiger partial charge in [0.05, 0.1) is 18.6 Å². The van der Waals surface area contributed by atoms with Crippen molar-refractivity contribution in [3.8, 4) is 11.6 Å². The first-order chi connectivity index (χ1) is 11.6. The third-order valence-electron chi connectivity index (χ3n) is 3.87. The maximum atomic E-state index is 12.8. The van der Waals surface area contributed by atoms with E-state index in [1.165, 1.54) is 4.31 Å². The molecule has 0 spiro atoms. The van der Waals surface area contributed by atoms with Crippen LogP contribution in [0.4, 0.5) is 0 Å². The molecule has 3 rings (SSSR count). The first kappa shape index (κ1) is 16.7. The molecule has 1 saturated heterocycles. The van der Waals surface area contributed by atoms with E-state index < -0.39 is 10.0 Å². The van der Waals surface area contributed by atoms with E-state index in [1.54, 1.807) is 49.7 Å². The summed E-state index contributed by atoms with van der Waals surface area (Å²) < 4.78 is 37.9. The minimum Gasteiger partial charge on any atom is -0.497 e. The molecular weight excluding hydrogens is 330 g/mol. The first-order valence-corrected chi connectivity index (χ1v) is 9.12. The van der Waals surface area contributed by atoms with E-state index in [0.29, 0.717) is 24.7 Å². The van der Waals surface area contributed by atoms with Gasteiger partial charge >= 0.3 is 0 Å². The molecule has 1 fully saturated rings. The molecule has 1 aromatic heterocycles. The maximum absolute atomic E-state index is 12.8. The van der Waals surface area contributed by atoms with Crippen molar-refractivity contribution in [3.05, 3.63) is 42.6 Å². The molecule has 0 aliphatic carbocycles. The summed E-state index contributed by atoms with van der Waals surface area (Å²) in [7, 11) is -2.01. The fourth-order valence-corrected chi connectivity index (χ4v) is 4.15. The van der Waals surface area contributed by atoms with Gasteiger partial charge in [-0.15, -0.1) is 5.10 Å². The summed E-state index contributed by atoms with van der Waals surface area (Å²) in [6, 6.07) is 9.85. The fourth-order valence-electron chi connectivity index (χ4n) is 2.64. The highest BCUT2D eigenvalue weighted by molar-refractivity contribution is 7.89. The number of sulfonamides is 1. The lowest BCUT2D eigenvalue weighted by Gasteiger charge is -2.31. The van der Waals surface area contributed by atoms with Crippen molar-refractivity contribution >= 4 is 10.0 Å². The van der Waals surface area contributed by atoms with E-state index >= 15 is 0 Å². The summed E-state index contributed by atoms with van der Waals surface area (Å²) in [5.74, 6) is 1.03. The highest BCUT2D eigenvalue weighted by atomic mass is 32.2. The van der Waals surface area contributed by atoms with E-state index in [0.717, 1.165) is 12.8 Å². The third-order valence-corrected chi connectivity index (χ3v) is 5.75. The quantitative estimate of drug-likeness (QED) is 0.817. The first-order valence-electron chi connectivity index (χ1n) is 7.68. The number of rotatable bonds is 5. The molecule has 8 heteroatoms. The summed E-state index contributed by atoms with van der Waals surface area (Å²) in [5, 5.41) is 7.65. The van der Waals surface area contributed by atoms with Crippen molar-refractivity contribution in [2.45, 2.75) is 23.8 Å². The van der Waals surface area contributed by atoms with E-state index in [1.807, 2.05) is 0 Å². The highest BCUT2D eigenvalue weighted by Crippen LogP contribution is 2.24. The van der Waals surface area contributed by atoms with Gasteiger partial charge in [-0.3, -0.25) is 0 Å². The summed E-state index contributed by atoms with van der Waals surface area (Å²) in [5.41, 5.74) is 0. The van der Waals surface area contributed by atoms with E-state index in [4.69, 9.17) is 9.47 Å². The zero-order valence-corrected chi connectivity index (χ0v) is 14.1. The van der Waals surface area contributed by atoms with Crippen LogP contribution in [0.15, 0.2) is 47.5 Å². The molecule has 0 N–H and O–H groups in total. The van der Waals surface area contributed by atoms with Gasteiger partial charge in [0.15, 0.2) is 0 Å². The van der Waals surface area contributed by atoms with Gasteiger partial charge in [0.25, 0.3) is 0 Å². The molecule has 1 unspecified atom stereocenters. The molecule has 0 radical (unpaired) electrons. The van der Waals surface area contributed by atoms with Crippen LogP contribution in [0.2, 0.25) is 0 Å². The smallest absolute Gasteiger partial charge is 0.243 e. The molecule has 1 aromatic carbocycles. The van der Waals surface area contributed by atoms with Crippen molar-refractivity contribution in [1.82, 2.24) is 14.5 Å². The number of methoxy groups -OCH3 is 1. The molecule has 1 aliphatic heterocycles. The highest BCUT2D eigenvalue weighted by Gasteiger charge is 2.31. The Hall–Kier alpha value is -2.19. The van der Waals surface area contributed by atoms with Crippen LogP contribution in [0.5, 0.6) is 11.6 Å². The van der Waals surface area contributed by atoms with Crippen LogP contribution in [0, 0.1) is 0 Å². The lowest BCUT2D eigenvalue weighted by Crippen LogP contribution is -2.44. The summed E-state index contributed by atoms with van der Waals surface area (Å²) in [6.45, 7) is 0.777. The van der Waals surface area contributed by atoms with Crippen molar-refractivity contribution in [1.29, 1.82) is 0 Å². The summed E-state index contributed by atoms with van der Waals surface area (Å²) in [4.78, 5) is 0.253. The zero-order chi connectivity index (χ0) is 17.0. The van der Waals surface area contributed by atoms with E-state index in [2.05, 4.69) is 10.2 Å². The monoisotopic (exact) mass is 349 g/mol. The van der Waals surface area contributed by atoms with E-state index in [9.17, 15) is 8.42 Å². The average Bonchev–Trinajstić information content (AvgIpc) is 2.63. The Labute approximate surface area is 141 Å². The molecule has 1 atom stereocenters. The number of piperidine rings is 1. The van der Waals surface area contributed by atoms with E-state index in [-0.39, 0.29) is 11.0 Å². The average molecular weight is 349 g/mol. The second-order valence-electron chi connectivity index (χ2n) is 5.48. The summed E-state index contributed by atoms with van der Waals surface area (Å²) >= 11 is 0. The molecule has 2 heterocycles. The number of ether oxygens (including phenoxy) is 2. The standard InChI is InChI=1S/C16H19N3O4S/c1-22-13-6-8-15(9-7-13)24(20,21)19-11-3-4-14(12-19)23-16-5-2-10-17-18-16/h2,5-10,14H,3-4,11-12H2,1H3. The van der Waals surface area contributed by atoms with Crippen molar-refractivity contribution in [2.24, 2.45) is 0 Å². The van der Waals surface area contributed by atoms with Crippen LogP contribution in [0.25, 0.3) is 0 Å². The van der Waals surface area contributed by atoms with Crippen LogP contribution >= 0.6 is 0 Å². The maximum Gasteiger partial charge on any atom is 0.243 e. The molecule has 7 nitrogen and oxygen atoms in total. The van der Waals surface area contributed by atoms with Crippen LogP contribution in [0.3, 0.4) is 0 Å². The van der Waals surface area contributed by atoms with Crippen molar-refractivity contribution in [2.75, 3.05) is 20.2 Å². The van der Waals surface area contributed by atoms with Gasteiger partial charge in [0, 0.05) is 18.8 Å².